The summed E-state index contributed by atoms with van der Waals surface area (Å²) < 4.78 is 38.9. The minimum atomic E-state index is -4.02. The van der Waals surface area contributed by atoms with Crippen LogP contribution >= 0.6 is 23.4 Å². The Kier molecular flexibility index (Phi) is 9.75. The Bertz CT molecular complexity index is 1580. The van der Waals surface area contributed by atoms with Crippen molar-refractivity contribution in [2.75, 3.05) is 32.1 Å². The molecule has 2 aromatic carbocycles. The van der Waals surface area contributed by atoms with E-state index < -0.39 is 16.3 Å². The number of thioether (sulfide) groups is 1. The maximum absolute atomic E-state index is 13.4. The van der Waals surface area contributed by atoms with Gasteiger partial charge in [-0.3, -0.25) is 9.10 Å². The number of carbonyl (C=O) groups excluding carboxylic acids is 1. The number of hydrogen-bond donors (Lipinski definition) is 2. The Morgan fingerprint density at radius 3 is 2.52 bits per heavy atom. The van der Waals surface area contributed by atoms with Crippen LogP contribution in [-0.4, -0.2) is 63.6 Å². The summed E-state index contributed by atoms with van der Waals surface area (Å²) in [5, 5.41) is 3.40. The van der Waals surface area contributed by atoms with Gasteiger partial charge in [-0.1, -0.05) is 48.0 Å². The van der Waals surface area contributed by atoms with Crippen molar-refractivity contribution < 1.29 is 22.7 Å². The molecule has 0 spiro atoms. The highest BCUT2D eigenvalue weighted by Gasteiger charge is 2.27. The molecule has 212 valence electrons. The second-order valence-electron chi connectivity index (χ2n) is 9.02. The zero-order valence-electron chi connectivity index (χ0n) is 22.5. The average molecular weight is 603 g/mol. The fraction of sp³-hybridized carbons (Fsp3) is 0.286. The third kappa shape index (κ3) is 6.45. The molecule has 4 rings (SSSR count). The normalized spacial score (nSPS) is 12.6. The summed E-state index contributed by atoms with van der Waals surface area (Å²) >= 11 is 7.71. The number of methoxy groups -OCH3 is 2. The van der Waals surface area contributed by atoms with E-state index in [2.05, 4.69) is 15.3 Å². The summed E-state index contributed by atoms with van der Waals surface area (Å²) in [5.74, 6) is 0.389. The molecule has 9 nitrogen and oxygen atoms in total. The summed E-state index contributed by atoms with van der Waals surface area (Å²) in [5.41, 5.74) is 3.22. The van der Waals surface area contributed by atoms with E-state index >= 15 is 0 Å². The maximum Gasteiger partial charge on any atom is 0.267 e. The van der Waals surface area contributed by atoms with Crippen LogP contribution in [0.4, 0.5) is 5.69 Å². The van der Waals surface area contributed by atoms with Crippen molar-refractivity contribution in [3.05, 3.63) is 88.8 Å². The van der Waals surface area contributed by atoms with Crippen LogP contribution in [0.1, 0.15) is 21.6 Å². The number of amides is 1. The van der Waals surface area contributed by atoms with Crippen LogP contribution in [0.5, 0.6) is 0 Å². The fourth-order valence-electron chi connectivity index (χ4n) is 4.27. The number of nitrogens with one attached hydrogen (secondary N) is 2. The Balaban J connectivity index is 1.57. The number of carbonyl (C=O) groups is 1. The average Bonchev–Trinajstić information content (AvgIpc) is 3.42. The van der Waals surface area contributed by atoms with Crippen LogP contribution in [0, 0.1) is 6.92 Å². The van der Waals surface area contributed by atoms with Crippen molar-refractivity contribution >= 4 is 55.9 Å². The number of aromatic amines is 1. The molecule has 2 heterocycles. The van der Waals surface area contributed by atoms with Crippen LogP contribution in [-0.2, 0) is 25.2 Å². The summed E-state index contributed by atoms with van der Waals surface area (Å²) in [6.07, 6.45) is 0.900. The van der Waals surface area contributed by atoms with Gasteiger partial charge in [0.15, 0.2) is 6.29 Å². The van der Waals surface area contributed by atoms with E-state index in [0.717, 1.165) is 26.6 Å². The van der Waals surface area contributed by atoms with Gasteiger partial charge in [-0.2, -0.15) is 0 Å². The van der Waals surface area contributed by atoms with E-state index in [1.165, 1.54) is 25.4 Å². The number of rotatable bonds is 12. The van der Waals surface area contributed by atoms with Crippen LogP contribution in [0.15, 0.2) is 71.8 Å². The predicted octanol–water partition coefficient (Wildman–Crippen LogP) is 5.00. The number of aromatic nitrogens is 2. The molecular weight excluding hydrogens is 572 g/mol. The largest absolute Gasteiger partial charge is 0.355 e. The molecule has 1 amide bonds. The molecule has 2 aromatic heterocycles. The van der Waals surface area contributed by atoms with Crippen LogP contribution < -0.4 is 9.62 Å². The number of ether oxygens (including phenoxy) is 2. The Hall–Kier alpha value is -3.09. The van der Waals surface area contributed by atoms with Gasteiger partial charge in [-0.15, -0.1) is 11.8 Å². The number of benzene rings is 2. The first-order chi connectivity index (χ1) is 19.2. The molecule has 1 atom stereocenters. The molecule has 0 saturated heterocycles. The SMILES string of the molecule is COC(OC)C(CNC(=O)c1cc2c(C)ccc(N(C)S(=O)(=O)c3cccnc3Cl)c2[nH]1)SCc1ccccc1. The van der Waals surface area contributed by atoms with Crippen molar-refractivity contribution in [3.63, 3.8) is 0 Å². The van der Waals surface area contributed by atoms with Crippen molar-refractivity contribution in [2.24, 2.45) is 0 Å². The first-order valence-corrected chi connectivity index (χ1v) is 15.2. The second-order valence-corrected chi connectivity index (χ2v) is 12.5. The maximum atomic E-state index is 13.4. The van der Waals surface area contributed by atoms with Gasteiger partial charge in [0.05, 0.1) is 16.5 Å². The van der Waals surface area contributed by atoms with E-state index in [9.17, 15) is 13.2 Å². The van der Waals surface area contributed by atoms with Crippen LogP contribution in [0.25, 0.3) is 10.9 Å². The lowest BCUT2D eigenvalue weighted by atomic mass is 10.1. The quantitative estimate of drug-likeness (QED) is 0.173. The van der Waals surface area contributed by atoms with Gasteiger partial charge in [0.25, 0.3) is 15.9 Å². The van der Waals surface area contributed by atoms with Crippen molar-refractivity contribution in [1.82, 2.24) is 15.3 Å². The van der Waals surface area contributed by atoms with Gasteiger partial charge in [0, 0.05) is 45.1 Å². The zero-order chi connectivity index (χ0) is 28.9. The number of aryl methyl sites for hydroxylation is 1. The number of halogens is 1. The van der Waals surface area contributed by atoms with Gasteiger partial charge >= 0.3 is 0 Å². The number of pyridine rings is 1. The lowest BCUT2D eigenvalue weighted by Crippen LogP contribution is -2.39. The molecule has 0 aliphatic rings. The smallest absolute Gasteiger partial charge is 0.267 e. The molecule has 0 fully saturated rings. The monoisotopic (exact) mass is 602 g/mol. The topological polar surface area (TPSA) is 114 Å². The van der Waals surface area contributed by atoms with Gasteiger partial charge in [-0.05, 0) is 42.3 Å². The standard InChI is InChI=1S/C28H31ClN4O5S2/c1-18-12-13-22(33(2)40(35,36)24-11-8-14-30-26(24)29)25-20(18)15-21(32-25)27(34)31-16-23(28(37-3)38-4)39-17-19-9-6-5-7-10-19/h5-15,23,28,32H,16-17H2,1-4H3,(H,31,34). The van der Waals surface area contributed by atoms with E-state index in [-0.39, 0.29) is 27.8 Å². The molecular formula is C28H31ClN4O5S2. The summed E-state index contributed by atoms with van der Waals surface area (Å²) in [6, 6.07) is 18.1. The summed E-state index contributed by atoms with van der Waals surface area (Å²) in [4.78, 5) is 20.2. The van der Waals surface area contributed by atoms with Crippen molar-refractivity contribution in [2.45, 2.75) is 29.1 Å². The van der Waals surface area contributed by atoms with Crippen LogP contribution in [0.2, 0.25) is 5.15 Å². The molecule has 1 unspecified atom stereocenters. The minimum absolute atomic E-state index is 0.109. The van der Waals surface area contributed by atoms with Gasteiger partial charge in [0.1, 0.15) is 15.7 Å². The summed E-state index contributed by atoms with van der Waals surface area (Å²) in [7, 11) is 0.555. The highest BCUT2D eigenvalue weighted by Crippen LogP contribution is 2.33. The summed E-state index contributed by atoms with van der Waals surface area (Å²) in [6.45, 7) is 2.18. The number of sulfonamides is 1. The predicted molar refractivity (Wildman–Crippen MR) is 160 cm³/mol. The zero-order valence-corrected chi connectivity index (χ0v) is 24.9. The number of anilines is 1. The highest BCUT2D eigenvalue weighted by molar-refractivity contribution is 7.99. The Morgan fingerprint density at radius 1 is 1.12 bits per heavy atom. The molecule has 0 radical (unpaired) electrons. The lowest BCUT2D eigenvalue weighted by Gasteiger charge is -2.24. The number of fused-ring (bicyclic) bond motifs is 1. The molecule has 40 heavy (non-hydrogen) atoms. The second kappa shape index (κ2) is 13.0. The highest BCUT2D eigenvalue weighted by atomic mass is 35.5. The van der Waals surface area contributed by atoms with Crippen molar-refractivity contribution in [1.29, 1.82) is 0 Å². The Labute approximate surface area is 243 Å². The van der Waals surface area contributed by atoms with E-state index in [1.807, 2.05) is 43.3 Å². The first-order valence-electron chi connectivity index (χ1n) is 12.4. The molecule has 4 aromatic rings. The van der Waals surface area contributed by atoms with E-state index in [0.29, 0.717) is 16.9 Å². The van der Waals surface area contributed by atoms with Gasteiger partial charge < -0.3 is 19.8 Å². The van der Waals surface area contributed by atoms with Gasteiger partial charge in [0.2, 0.25) is 0 Å². The first kappa shape index (κ1) is 29.9. The van der Waals surface area contributed by atoms with E-state index in [1.54, 1.807) is 38.1 Å². The number of hydrogen-bond acceptors (Lipinski definition) is 7. The Morgan fingerprint density at radius 2 is 1.85 bits per heavy atom. The third-order valence-corrected chi connectivity index (χ3v) is 10.0. The third-order valence-electron chi connectivity index (χ3n) is 6.48. The molecule has 12 heteroatoms. The molecule has 0 bridgehead atoms. The van der Waals surface area contributed by atoms with Crippen molar-refractivity contribution in [3.8, 4) is 0 Å². The van der Waals surface area contributed by atoms with Gasteiger partial charge in [-0.25, -0.2) is 13.4 Å². The molecule has 0 aliphatic carbocycles. The lowest BCUT2D eigenvalue weighted by molar-refractivity contribution is -0.101. The number of H-pyrrole nitrogens is 1. The number of nitrogens with zero attached hydrogens (tertiary/aromatic N) is 2. The minimum Gasteiger partial charge on any atom is -0.355 e. The molecule has 0 aliphatic heterocycles. The van der Waals surface area contributed by atoms with Crippen LogP contribution in [0.3, 0.4) is 0 Å². The van der Waals surface area contributed by atoms with E-state index in [4.69, 9.17) is 21.1 Å². The molecule has 0 saturated carbocycles. The fourth-order valence-corrected chi connectivity index (χ4v) is 7.08. The molecule has 2 N–H and O–H groups in total.